The third kappa shape index (κ3) is 9.45. The van der Waals surface area contributed by atoms with Gasteiger partial charge in [-0.2, -0.15) is 0 Å². The van der Waals surface area contributed by atoms with Crippen molar-refractivity contribution in [2.45, 2.75) is 0 Å². The Bertz CT molecular complexity index is 208. The lowest BCUT2D eigenvalue weighted by atomic mass is 11.1. The van der Waals surface area contributed by atoms with Gasteiger partial charge in [0, 0.05) is 0 Å². The number of hydrogen-bond donors (Lipinski definition) is 0. The molecule has 0 N–H and O–H groups in total. The molecule has 0 aliphatic rings. The summed E-state index contributed by atoms with van der Waals surface area (Å²) in [4.78, 5) is 10.3. The van der Waals surface area contributed by atoms with E-state index in [0.29, 0.717) is 0 Å². The predicted octanol–water partition coefficient (Wildman–Crippen LogP) is -2.00. The average Bonchev–Trinajstić information content (AvgIpc) is 1.85. The lowest BCUT2D eigenvalue weighted by molar-refractivity contribution is -0.0000136. The lowest BCUT2D eigenvalue weighted by Crippen LogP contribution is -3.00. The Kier molecular flexibility index (Phi) is 7.02. The third-order valence-corrected chi connectivity index (χ3v) is 1.48. The second kappa shape index (κ2) is 6.02. The fraction of sp³-hybridized carbons (Fsp3) is 0.500. The topological polar surface area (TPSA) is 52.6 Å². The minimum Gasteiger partial charge on any atom is -1.00 e. The summed E-state index contributed by atoms with van der Waals surface area (Å²) in [7, 11) is -0.792. The molecule has 0 spiro atoms. The summed E-state index contributed by atoms with van der Waals surface area (Å²) in [6, 6.07) is 0. The van der Waals surface area contributed by atoms with E-state index < -0.39 is 16.1 Å². The van der Waals surface area contributed by atoms with Crippen molar-refractivity contribution in [3.8, 4) is 0 Å². The Morgan fingerprint density at radius 3 is 2.25 bits per heavy atom. The van der Waals surface area contributed by atoms with Gasteiger partial charge in [0.2, 0.25) is 0 Å². The van der Waals surface area contributed by atoms with E-state index >= 15 is 0 Å². The van der Waals surface area contributed by atoms with Crippen molar-refractivity contribution in [2.75, 3.05) is 19.6 Å². The van der Waals surface area contributed by atoms with Gasteiger partial charge in [-0.1, -0.05) is 0 Å². The van der Waals surface area contributed by atoms with E-state index in [1.807, 2.05) is 0 Å². The first-order chi connectivity index (χ1) is 4.95. The van der Waals surface area contributed by atoms with Gasteiger partial charge in [-0.3, -0.25) is 0 Å². The fourth-order valence-corrected chi connectivity index (χ4v) is 0.588. The van der Waals surface area contributed by atoms with Gasteiger partial charge in [0.05, 0.1) is 7.11 Å². The van der Waals surface area contributed by atoms with Crippen molar-refractivity contribution >= 4 is 16.1 Å². The highest BCUT2D eigenvalue weighted by molar-refractivity contribution is 8.04. The largest absolute Gasteiger partial charge is 1.00 e. The van der Waals surface area contributed by atoms with Gasteiger partial charge in [0.15, 0.2) is 5.41 Å². The molecule has 0 fully saturated rings. The molecule has 0 bridgehead atoms. The van der Waals surface area contributed by atoms with E-state index in [1.165, 1.54) is 25.0 Å². The van der Waals surface area contributed by atoms with Crippen LogP contribution in [-0.4, -0.2) is 25.8 Å². The molecule has 0 amide bonds. The Balaban J connectivity index is 0. The van der Waals surface area contributed by atoms with Crippen LogP contribution in [0.2, 0.25) is 0 Å². The molecule has 0 aromatic carbocycles. The van der Waals surface area contributed by atoms with Crippen molar-refractivity contribution in [1.29, 1.82) is 0 Å². The first-order valence-corrected chi connectivity index (χ1v) is 5.25. The quantitative estimate of drug-likeness (QED) is 0.303. The van der Waals surface area contributed by atoms with E-state index in [0.717, 1.165) is 6.26 Å². The zero-order chi connectivity index (χ0) is 8.91. The molecule has 0 rings (SSSR count). The molecule has 0 aliphatic heterocycles. The summed E-state index contributed by atoms with van der Waals surface area (Å²) in [6.45, 7) is 0. The van der Waals surface area contributed by atoms with Crippen LogP contribution in [0.5, 0.6) is 0 Å². The first-order valence-electron chi connectivity index (χ1n) is 2.81. The molecule has 0 saturated carbocycles. The number of halogens is 1. The second-order valence-electron chi connectivity index (χ2n) is 2.15. The number of carbonyl (C=O) groups is 1. The minimum atomic E-state index is -1.99. The highest BCUT2D eigenvalue weighted by atomic mass is 35.5. The van der Waals surface area contributed by atoms with Gasteiger partial charge in [-0.25, -0.2) is 4.79 Å². The maximum absolute atomic E-state index is 10.9. The van der Waals surface area contributed by atoms with Gasteiger partial charge in [-0.15, -0.1) is 4.21 Å². The van der Waals surface area contributed by atoms with Gasteiger partial charge in [-0.05, 0) is 0 Å². The Hall–Kier alpha value is -0.550. The van der Waals surface area contributed by atoms with Crippen LogP contribution in [0.15, 0.2) is 11.7 Å². The van der Waals surface area contributed by atoms with Gasteiger partial charge in [0.25, 0.3) is 0 Å². The molecule has 72 valence electrons. The first kappa shape index (κ1) is 14.0. The molecule has 12 heavy (non-hydrogen) atoms. The van der Waals surface area contributed by atoms with E-state index in [4.69, 9.17) is 0 Å². The molecular formula is C6H11ClO4S. The van der Waals surface area contributed by atoms with Crippen LogP contribution >= 0.6 is 0 Å². The van der Waals surface area contributed by atoms with E-state index in [9.17, 15) is 9.00 Å². The van der Waals surface area contributed by atoms with E-state index in [2.05, 4.69) is 9.47 Å². The maximum atomic E-state index is 10.9. The standard InChI is InChI=1S/C6H11O4S.ClH/c1-9-6(7)10-4-5-11(2,3)8;/h4-5H,1-3H3;1H/q+1;/p-1/b5-4+;. The molecule has 6 heteroatoms. The smallest absolute Gasteiger partial charge is 0.513 e. The van der Waals surface area contributed by atoms with Crippen LogP contribution in [0.3, 0.4) is 0 Å². The van der Waals surface area contributed by atoms with Crippen LogP contribution in [-0.2, 0) is 23.6 Å². The van der Waals surface area contributed by atoms with Crippen LogP contribution in [0.4, 0.5) is 4.79 Å². The van der Waals surface area contributed by atoms with Crippen LogP contribution in [0.1, 0.15) is 0 Å². The zero-order valence-corrected chi connectivity index (χ0v) is 8.65. The molecule has 0 radical (unpaired) electrons. The van der Waals surface area contributed by atoms with Crippen molar-refractivity contribution in [3.63, 3.8) is 0 Å². The van der Waals surface area contributed by atoms with E-state index in [-0.39, 0.29) is 12.4 Å². The van der Waals surface area contributed by atoms with Crippen molar-refractivity contribution in [1.82, 2.24) is 0 Å². The number of methoxy groups -OCH3 is 1. The minimum absolute atomic E-state index is 0. The molecule has 0 aliphatic carbocycles. The molecule has 0 aromatic rings. The summed E-state index contributed by atoms with van der Waals surface area (Å²) in [6.07, 6.45) is 3.31. The van der Waals surface area contributed by atoms with Gasteiger partial charge < -0.3 is 21.9 Å². The second-order valence-corrected chi connectivity index (χ2v) is 5.04. The number of carbonyl (C=O) groups excluding carboxylic acids is 1. The average molecular weight is 215 g/mol. The Morgan fingerprint density at radius 2 is 1.92 bits per heavy atom. The lowest BCUT2D eigenvalue weighted by Gasteiger charge is -1.93. The van der Waals surface area contributed by atoms with Crippen LogP contribution < -0.4 is 12.4 Å². The monoisotopic (exact) mass is 214 g/mol. The zero-order valence-electron chi connectivity index (χ0n) is 7.07. The summed E-state index contributed by atoms with van der Waals surface area (Å²) >= 11 is 0. The van der Waals surface area contributed by atoms with Crippen molar-refractivity contribution in [2.24, 2.45) is 0 Å². The van der Waals surface area contributed by atoms with Gasteiger partial charge in [0.1, 0.15) is 28.7 Å². The molecule has 0 aromatic heterocycles. The predicted molar refractivity (Wildman–Crippen MR) is 42.5 cm³/mol. The normalized spacial score (nSPS) is 10.6. The van der Waals surface area contributed by atoms with Crippen LogP contribution in [0.25, 0.3) is 0 Å². The van der Waals surface area contributed by atoms with E-state index in [1.54, 1.807) is 0 Å². The fourth-order valence-electron chi connectivity index (χ4n) is 0.265. The van der Waals surface area contributed by atoms with Gasteiger partial charge >= 0.3 is 6.16 Å². The summed E-state index contributed by atoms with van der Waals surface area (Å²) in [5.41, 5.74) is 0. The number of hydrogen-bond acceptors (Lipinski definition) is 4. The Morgan fingerprint density at radius 1 is 1.42 bits per heavy atom. The Labute approximate surface area is 78.8 Å². The molecular weight excluding hydrogens is 204 g/mol. The number of ether oxygens (including phenoxy) is 2. The maximum Gasteiger partial charge on any atom is 0.513 e. The van der Waals surface area contributed by atoms with Crippen molar-refractivity contribution < 1.29 is 30.9 Å². The van der Waals surface area contributed by atoms with Crippen molar-refractivity contribution in [3.05, 3.63) is 11.7 Å². The molecule has 0 heterocycles. The molecule has 0 unspecified atom stereocenters. The highest BCUT2D eigenvalue weighted by Gasteiger charge is 2.06. The summed E-state index contributed by atoms with van der Waals surface area (Å²) in [5.74, 6) is 0. The molecule has 0 saturated heterocycles. The van der Waals surface area contributed by atoms with Crippen LogP contribution in [0, 0.1) is 0 Å². The SMILES string of the molecule is COC(=O)O/C=C/[S+](C)(C)=O.[Cl-]. The summed E-state index contributed by atoms with van der Waals surface area (Å²) < 4.78 is 19.4. The number of rotatable bonds is 2. The highest BCUT2D eigenvalue weighted by Crippen LogP contribution is 1.96. The summed E-state index contributed by atoms with van der Waals surface area (Å²) in [5, 5.41) is 1.31. The molecule has 4 nitrogen and oxygen atoms in total. The third-order valence-electron chi connectivity index (χ3n) is 0.714. The molecule has 0 atom stereocenters.